The lowest BCUT2D eigenvalue weighted by Gasteiger charge is -2.10. The molecule has 186 valence electrons. The largest absolute Gasteiger partial charge is 0.494 e. The monoisotopic (exact) mass is 478 g/mol. The van der Waals surface area contributed by atoms with Crippen LogP contribution in [-0.4, -0.2) is 34.0 Å². The van der Waals surface area contributed by atoms with E-state index in [1.54, 1.807) is 30.3 Å². The smallest absolute Gasteiger partial charge is 0.335 e. The Hall–Kier alpha value is -3.81. The lowest BCUT2D eigenvalue weighted by molar-refractivity contribution is 0.340. The second-order valence-electron chi connectivity index (χ2n) is 8.26. The maximum Gasteiger partial charge on any atom is 0.335 e. The van der Waals surface area contributed by atoms with Crippen molar-refractivity contribution in [2.24, 2.45) is 4.99 Å². The molecule has 0 saturated heterocycles. The van der Waals surface area contributed by atoms with Crippen molar-refractivity contribution in [2.45, 2.75) is 52.4 Å². The predicted octanol–water partition coefficient (Wildman–Crippen LogP) is 5.15. The van der Waals surface area contributed by atoms with E-state index in [2.05, 4.69) is 22.2 Å². The minimum atomic E-state index is -0.741. The summed E-state index contributed by atoms with van der Waals surface area (Å²) >= 11 is 0. The summed E-state index contributed by atoms with van der Waals surface area (Å²) in [4.78, 5) is 31.4. The van der Waals surface area contributed by atoms with Crippen molar-refractivity contribution in [1.82, 2.24) is 9.55 Å². The van der Waals surface area contributed by atoms with Gasteiger partial charge in [0.05, 0.1) is 18.0 Å². The summed E-state index contributed by atoms with van der Waals surface area (Å²) in [6.07, 6.45) is 8.67. The molecule has 2 aromatic carbocycles. The van der Waals surface area contributed by atoms with Gasteiger partial charge in [-0.15, -0.1) is 0 Å². The topological polar surface area (TPSA) is 109 Å². The Labute approximate surface area is 205 Å². The van der Waals surface area contributed by atoms with E-state index >= 15 is 0 Å². The van der Waals surface area contributed by atoms with Gasteiger partial charge in [-0.2, -0.15) is 0 Å². The van der Waals surface area contributed by atoms with Crippen molar-refractivity contribution in [2.75, 3.05) is 18.5 Å². The molecule has 0 amide bonds. The molecule has 0 bridgehead atoms. The van der Waals surface area contributed by atoms with E-state index in [9.17, 15) is 14.7 Å². The average Bonchev–Trinajstić information content (AvgIpc) is 2.84. The molecule has 0 unspecified atom stereocenters. The van der Waals surface area contributed by atoms with Crippen LogP contribution in [0.3, 0.4) is 0 Å². The minimum Gasteiger partial charge on any atom is -0.494 e. The third kappa shape index (κ3) is 7.34. The number of benzene rings is 2. The summed E-state index contributed by atoms with van der Waals surface area (Å²) in [5.41, 5.74) is 0.387. The van der Waals surface area contributed by atoms with Crippen LogP contribution in [0.2, 0.25) is 0 Å². The van der Waals surface area contributed by atoms with E-state index in [0.29, 0.717) is 23.7 Å². The van der Waals surface area contributed by atoms with Crippen LogP contribution in [0.25, 0.3) is 5.69 Å². The van der Waals surface area contributed by atoms with Crippen LogP contribution in [0.4, 0.5) is 11.4 Å². The van der Waals surface area contributed by atoms with Crippen LogP contribution in [0.15, 0.2) is 63.1 Å². The molecule has 0 aliphatic rings. The highest BCUT2D eigenvalue weighted by molar-refractivity contribution is 5.84. The van der Waals surface area contributed by atoms with Gasteiger partial charge in [-0.05, 0) is 55.8 Å². The van der Waals surface area contributed by atoms with E-state index in [0.717, 1.165) is 23.2 Å². The van der Waals surface area contributed by atoms with Gasteiger partial charge in [0.1, 0.15) is 11.3 Å². The Morgan fingerprint density at radius 2 is 1.77 bits per heavy atom. The summed E-state index contributed by atoms with van der Waals surface area (Å²) in [5, 5.41) is 14.1. The summed E-state index contributed by atoms with van der Waals surface area (Å²) in [7, 11) is 0. The standard InChI is InChI=1S/C27H34N4O4/c1-3-5-6-7-8-9-17-28-20-11-10-12-21(18-20)29-19-24-25(32)30-27(34)31(26(24)33)22-13-15-23(16-14-22)35-4-2/h10-16,18-19,28,33H,3-9,17H2,1-2H3,(H,30,32,34). The van der Waals surface area contributed by atoms with Crippen LogP contribution < -0.4 is 21.3 Å². The number of unbranched alkanes of at least 4 members (excludes halogenated alkanes) is 5. The molecule has 0 aliphatic heterocycles. The predicted molar refractivity (Wildman–Crippen MR) is 141 cm³/mol. The van der Waals surface area contributed by atoms with Gasteiger partial charge in [-0.25, -0.2) is 9.36 Å². The third-order valence-corrected chi connectivity index (χ3v) is 5.58. The molecular weight excluding hydrogens is 444 g/mol. The molecule has 1 heterocycles. The number of anilines is 1. The van der Waals surface area contributed by atoms with E-state index < -0.39 is 17.1 Å². The highest BCUT2D eigenvalue weighted by Crippen LogP contribution is 2.21. The molecule has 3 aromatic rings. The molecule has 0 aliphatic carbocycles. The van der Waals surface area contributed by atoms with Crippen molar-refractivity contribution in [3.05, 3.63) is 74.9 Å². The van der Waals surface area contributed by atoms with Crippen molar-refractivity contribution in [3.8, 4) is 17.3 Å². The maximum atomic E-state index is 12.4. The first-order valence-corrected chi connectivity index (χ1v) is 12.2. The van der Waals surface area contributed by atoms with Crippen LogP contribution in [-0.2, 0) is 0 Å². The number of hydrogen-bond acceptors (Lipinski definition) is 6. The van der Waals surface area contributed by atoms with Gasteiger partial charge in [0.15, 0.2) is 0 Å². The zero-order valence-corrected chi connectivity index (χ0v) is 20.4. The number of nitrogens with one attached hydrogen (secondary N) is 2. The van der Waals surface area contributed by atoms with Gasteiger partial charge in [0.25, 0.3) is 5.56 Å². The molecule has 0 atom stereocenters. The van der Waals surface area contributed by atoms with Gasteiger partial charge in [-0.1, -0.05) is 45.1 Å². The second-order valence-corrected chi connectivity index (χ2v) is 8.26. The van der Waals surface area contributed by atoms with Crippen molar-refractivity contribution in [1.29, 1.82) is 0 Å². The number of hydrogen-bond donors (Lipinski definition) is 3. The molecule has 3 N–H and O–H groups in total. The highest BCUT2D eigenvalue weighted by Gasteiger charge is 2.14. The molecule has 35 heavy (non-hydrogen) atoms. The molecular formula is C27H34N4O4. The highest BCUT2D eigenvalue weighted by atomic mass is 16.5. The Balaban J connectivity index is 1.73. The zero-order valence-electron chi connectivity index (χ0n) is 20.4. The molecule has 0 fully saturated rings. The van der Waals surface area contributed by atoms with E-state index in [1.165, 1.54) is 38.3 Å². The number of nitrogens with zero attached hydrogens (tertiary/aromatic N) is 2. The molecule has 1 aromatic heterocycles. The van der Waals surface area contributed by atoms with Gasteiger partial charge in [-0.3, -0.25) is 14.8 Å². The third-order valence-electron chi connectivity index (χ3n) is 5.58. The quantitative estimate of drug-likeness (QED) is 0.232. The summed E-state index contributed by atoms with van der Waals surface area (Å²) in [5.74, 6) is 0.156. The summed E-state index contributed by atoms with van der Waals surface area (Å²) in [6, 6.07) is 14.2. The molecule has 8 nitrogen and oxygen atoms in total. The van der Waals surface area contributed by atoms with E-state index in [-0.39, 0.29) is 5.56 Å². The minimum absolute atomic E-state index is 0.107. The van der Waals surface area contributed by atoms with E-state index in [1.807, 2.05) is 25.1 Å². The summed E-state index contributed by atoms with van der Waals surface area (Å²) < 4.78 is 6.44. The number of aromatic nitrogens is 2. The Bertz CT molecular complexity index is 1230. The fourth-order valence-corrected chi connectivity index (χ4v) is 3.73. The van der Waals surface area contributed by atoms with Gasteiger partial charge < -0.3 is 15.2 Å². The van der Waals surface area contributed by atoms with Crippen molar-refractivity contribution >= 4 is 17.6 Å². The Kier molecular flexibility index (Phi) is 9.71. The summed E-state index contributed by atoms with van der Waals surface area (Å²) in [6.45, 7) is 5.48. The Morgan fingerprint density at radius 3 is 2.51 bits per heavy atom. The lowest BCUT2D eigenvalue weighted by atomic mass is 10.1. The van der Waals surface area contributed by atoms with Gasteiger partial charge in [0, 0.05) is 18.4 Å². The average molecular weight is 479 g/mol. The van der Waals surface area contributed by atoms with Crippen molar-refractivity contribution < 1.29 is 9.84 Å². The molecule has 0 saturated carbocycles. The van der Waals surface area contributed by atoms with Gasteiger partial charge >= 0.3 is 5.69 Å². The lowest BCUT2D eigenvalue weighted by Crippen LogP contribution is -2.31. The first-order chi connectivity index (χ1) is 17.0. The molecule has 8 heteroatoms. The van der Waals surface area contributed by atoms with Crippen LogP contribution >= 0.6 is 0 Å². The first-order valence-electron chi connectivity index (χ1n) is 12.2. The van der Waals surface area contributed by atoms with Gasteiger partial charge in [0.2, 0.25) is 5.88 Å². The number of rotatable bonds is 13. The second kappa shape index (κ2) is 13.2. The SMILES string of the molecule is CCCCCCCCNc1cccc(N=Cc2c(O)n(-c3ccc(OCC)cc3)c(=O)[nH]c2=O)c1. The normalized spacial score (nSPS) is 11.1. The number of H-pyrrole nitrogens is 1. The van der Waals surface area contributed by atoms with Crippen LogP contribution in [0, 0.1) is 0 Å². The Morgan fingerprint density at radius 1 is 1.03 bits per heavy atom. The maximum absolute atomic E-state index is 12.4. The number of aromatic amines is 1. The zero-order chi connectivity index (χ0) is 25.0. The van der Waals surface area contributed by atoms with E-state index in [4.69, 9.17) is 4.74 Å². The van der Waals surface area contributed by atoms with Crippen LogP contribution in [0.1, 0.15) is 57.9 Å². The molecule has 0 radical (unpaired) electrons. The van der Waals surface area contributed by atoms with Crippen molar-refractivity contribution in [3.63, 3.8) is 0 Å². The van der Waals surface area contributed by atoms with Crippen LogP contribution in [0.5, 0.6) is 11.6 Å². The number of aliphatic imine (C=N–C) groups is 1. The fourth-order valence-electron chi connectivity index (χ4n) is 3.73. The molecule has 0 spiro atoms. The fraction of sp³-hybridized carbons (Fsp3) is 0.370. The first kappa shape index (κ1) is 25.8. The number of aromatic hydroxyl groups is 1. The molecule has 3 rings (SSSR count). The number of ether oxygens (including phenoxy) is 1.